The molecule has 158 valence electrons. The van der Waals surface area contributed by atoms with Crippen molar-refractivity contribution in [1.29, 1.82) is 0 Å². The van der Waals surface area contributed by atoms with Crippen LogP contribution in [0.4, 0.5) is 5.69 Å². The van der Waals surface area contributed by atoms with Gasteiger partial charge in [0.15, 0.2) is 6.61 Å². The van der Waals surface area contributed by atoms with Gasteiger partial charge >= 0.3 is 5.97 Å². The SMILES string of the molecule is O=C(COC(=O)/C=C/c1cn(-c2ccccc2)nc1-c1cccnc1)Nc1ccccc1. The molecular formula is C25H20N4O3. The van der Waals surface area contributed by atoms with E-state index in [1.165, 1.54) is 6.08 Å². The Bertz CT molecular complexity index is 1220. The van der Waals surface area contributed by atoms with Crippen molar-refractivity contribution in [3.8, 4) is 16.9 Å². The van der Waals surface area contributed by atoms with E-state index >= 15 is 0 Å². The molecule has 4 aromatic rings. The summed E-state index contributed by atoms with van der Waals surface area (Å²) in [4.78, 5) is 28.3. The normalized spacial score (nSPS) is 10.8. The van der Waals surface area contributed by atoms with E-state index in [0.717, 1.165) is 11.3 Å². The molecule has 0 unspecified atom stereocenters. The lowest BCUT2D eigenvalue weighted by Crippen LogP contribution is -2.20. The highest BCUT2D eigenvalue weighted by Gasteiger charge is 2.12. The largest absolute Gasteiger partial charge is 0.452 e. The lowest BCUT2D eigenvalue weighted by atomic mass is 10.1. The van der Waals surface area contributed by atoms with Gasteiger partial charge in [-0.05, 0) is 42.5 Å². The van der Waals surface area contributed by atoms with Crippen LogP contribution in [0.5, 0.6) is 0 Å². The fourth-order valence-electron chi connectivity index (χ4n) is 3.01. The number of rotatable bonds is 7. The molecule has 0 fully saturated rings. The number of ether oxygens (including phenoxy) is 1. The average molecular weight is 424 g/mol. The van der Waals surface area contributed by atoms with E-state index in [1.54, 1.807) is 47.4 Å². The highest BCUT2D eigenvalue weighted by molar-refractivity contribution is 5.95. The maximum absolute atomic E-state index is 12.2. The number of nitrogens with zero attached hydrogens (tertiary/aromatic N) is 3. The molecule has 0 aliphatic rings. The number of para-hydroxylation sites is 2. The zero-order valence-corrected chi connectivity index (χ0v) is 17.1. The predicted octanol–water partition coefficient (Wildman–Crippen LogP) is 4.13. The zero-order valence-electron chi connectivity index (χ0n) is 17.1. The van der Waals surface area contributed by atoms with Gasteiger partial charge in [-0.3, -0.25) is 9.78 Å². The number of carbonyl (C=O) groups excluding carboxylic acids is 2. The lowest BCUT2D eigenvalue weighted by Gasteiger charge is -2.04. The van der Waals surface area contributed by atoms with E-state index in [9.17, 15) is 9.59 Å². The summed E-state index contributed by atoms with van der Waals surface area (Å²) in [5, 5.41) is 7.32. The number of pyridine rings is 1. The standard InChI is InChI=1S/C25H20N4O3/c30-23(27-21-9-3-1-4-10-21)18-32-24(31)14-13-20-17-29(22-11-5-2-6-12-22)28-25(20)19-8-7-15-26-16-19/h1-17H,18H2,(H,27,30)/b14-13+. The van der Waals surface area contributed by atoms with Crippen LogP contribution < -0.4 is 5.32 Å². The van der Waals surface area contributed by atoms with Crippen molar-refractivity contribution < 1.29 is 14.3 Å². The molecular weight excluding hydrogens is 404 g/mol. The van der Waals surface area contributed by atoms with Crippen molar-refractivity contribution in [1.82, 2.24) is 14.8 Å². The maximum atomic E-state index is 12.2. The summed E-state index contributed by atoms with van der Waals surface area (Å²) in [5.74, 6) is -1.04. The number of hydrogen-bond acceptors (Lipinski definition) is 5. The summed E-state index contributed by atoms with van der Waals surface area (Å²) in [5.41, 5.74) is 3.73. The maximum Gasteiger partial charge on any atom is 0.331 e. The molecule has 0 aliphatic heterocycles. The van der Waals surface area contributed by atoms with Gasteiger partial charge in [0.1, 0.15) is 5.69 Å². The first-order valence-electron chi connectivity index (χ1n) is 9.94. The van der Waals surface area contributed by atoms with Gasteiger partial charge in [0.05, 0.1) is 5.69 Å². The number of carbonyl (C=O) groups is 2. The fraction of sp³-hybridized carbons (Fsp3) is 0.0400. The number of anilines is 1. The smallest absolute Gasteiger partial charge is 0.331 e. The molecule has 4 rings (SSSR count). The van der Waals surface area contributed by atoms with Crippen LogP contribution in [-0.4, -0.2) is 33.2 Å². The average Bonchev–Trinajstić information content (AvgIpc) is 3.27. The number of nitrogens with one attached hydrogen (secondary N) is 1. The third-order valence-corrected chi connectivity index (χ3v) is 4.50. The molecule has 2 aromatic carbocycles. The summed E-state index contributed by atoms with van der Waals surface area (Å²) in [6, 6.07) is 22.3. The summed E-state index contributed by atoms with van der Waals surface area (Å²) in [6.07, 6.45) is 8.12. The van der Waals surface area contributed by atoms with Crippen molar-refractivity contribution in [2.24, 2.45) is 0 Å². The van der Waals surface area contributed by atoms with Crippen LogP contribution in [-0.2, 0) is 14.3 Å². The van der Waals surface area contributed by atoms with Crippen molar-refractivity contribution in [2.45, 2.75) is 0 Å². The van der Waals surface area contributed by atoms with E-state index in [0.29, 0.717) is 16.9 Å². The molecule has 1 amide bonds. The van der Waals surface area contributed by atoms with Crippen LogP contribution in [0.2, 0.25) is 0 Å². The second-order valence-corrected chi connectivity index (χ2v) is 6.81. The second-order valence-electron chi connectivity index (χ2n) is 6.81. The van der Waals surface area contributed by atoms with Crippen molar-refractivity contribution in [3.63, 3.8) is 0 Å². The molecule has 0 radical (unpaired) electrons. The summed E-state index contributed by atoms with van der Waals surface area (Å²) in [7, 11) is 0. The van der Waals surface area contributed by atoms with Crippen LogP contribution in [0.3, 0.4) is 0 Å². The Kier molecular flexibility index (Phi) is 6.48. The van der Waals surface area contributed by atoms with Crippen molar-refractivity contribution in [3.05, 3.63) is 103 Å². The topological polar surface area (TPSA) is 86.1 Å². The van der Waals surface area contributed by atoms with Crippen molar-refractivity contribution in [2.75, 3.05) is 11.9 Å². The summed E-state index contributed by atoms with van der Waals surface area (Å²) < 4.78 is 6.79. The van der Waals surface area contributed by atoms with Gasteiger partial charge in [0, 0.05) is 41.5 Å². The van der Waals surface area contributed by atoms with Gasteiger partial charge in [0.2, 0.25) is 0 Å². The third-order valence-electron chi connectivity index (χ3n) is 4.50. The Balaban J connectivity index is 1.47. The Labute approximate surface area is 185 Å². The van der Waals surface area contributed by atoms with Crippen LogP contribution in [0.15, 0.2) is 97.5 Å². The molecule has 2 aromatic heterocycles. The monoisotopic (exact) mass is 424 g/mol. The molecule has 7 nitrogen and oxygen atoms in total. The fourth-order valence-corrected chi connectivity index (χ4v) is 3.01. The van der Waals surface area contributed by atoms with Gasteiger partial charge in [-0.15, -0.1) is 0 Å². The Hall–Kier alpha value is -4.52. The van der Waals surface area contributed by atoms with E-state index in [4.69, 9.17) is 4.74 Å². The van der Waals surface area contributed by atoms with Crippen molar-refractivity contribution >= 4 is 23.6 Å². The number of benzene rings is 2. The van der Waals surface area contributed by atoms with E-state index < -0.39 is 11.9 Å². The molecule has 0 saturated heterocycles. The van der Waals surface area contributed by atoms with E-state index in [2.05, 4.69) is 15.4 Å². The minimum absolute atomic E-state index is 0.378. The molecule has 1 N–H and O–H groups in total. The second kappa shape index (κ2) is 9.99. The Morgan fingerprint density at radius 2 is 1.72 bits per heavy atom. The van der Waals surface area contributed by atoms with Crippen LogP contribution in [0.1, 0.15) is 5.56 Å². The van der Waals surface area contributed by atoms with Crippen LogP contribution >= 0.6 is 0 Å². The highest BCUT2D eigenvalue weighted by Crippen LogP contribution is 2.24. The Morgan fingerprint density at radius 3 is 2.44 bits per heavy atom. The van der Waals surface area contributed by atoms with Gasteiger partial charge in [0.25, 0.3) is 5.91 Å². The minimum atomic E-state index is -0.627. The molecule has 7 heteroatoms. The summed E-state index contributed by atoms with van der Waals surface area (Å²) in [6.45, 7) is -0.378. The number of aromatic nitrogens is 3. The van der Waals surface area contributed by atoms with Gasteiger partial charge < -0.3 is 10.1 Å². The van der Waals surface area contributed by atoms with Crippen LogP contribution in [0.25, 0.3) is 23.0 Å². The first kappa shape index (κ1) is 20.7. The minimum Gasteiger partial charge on any atom is -0.452 e. The van der Waals surface area contributed by atoms with Gasteiger partial charge in [-0.25, -0.2) is 9.48 Å². The van der Waals surface area contributed by atoms with Crippen LogP contribution in [0, 0.1) is 0 Å². The van der Waals surface area contributed by atoms with Gasteiger partial charge in [-0.2, -0.15) is 5.10 Å². The molecule has 0 bridgehead atoms. The van der Waals surface area contributed by atoms with E-state index in [-0.39, 0.29) is 6.61 Å². The molecule has 0 saturated carbocycles. The molecule has 0 spiro atoms. The molecule has 0 aliphatic carbocycles. The third kappa shape index (κ3) is 5.34. The number of hydrogen-bond donors (Lipinski definition) is 1. The molecule has 2 heterocycles. The molecule has 0 atom stereocenters. The number of esters is 1. The quantitative estimate of drug-likeness (QED) is 0.356. The molecule has 32 heavy (non-hydrogen) atoms. The zero-order chi connectivity index (χ0) is 22.2. The first-order valence-corrected chi connectivity index (χ1v) is 9.94. The Morgan fingerprint density at radius 1 is 0.969 bits per heavy atom. The summed E-state index contributed by atoms with van der Waals surface area (Å²) >= 11 is 0. The highest BCUT2D eigenvalue weighted by atomic mass is 16.5. The van der Waals surface area contributed by atoms with E-state index in [1.807, 2.05) is 54.7 Å². The van der Waals surface area contributed by atoms with Gasteiger partial charge in [-0.1, -0.05) is 36.4 Å². The lowest BCUT2D eigenvalue weighted by molar-refractivity contribution is -0.142. The predicted molar refractivity (Wildman–Crippen MR) is 122 cm³/mol. The number of amides is 1. The first-order chi connectivity index (χ1) is 15.7.